The van der Waals surface area contributed by atoms with Gasteiger partial charge in [-0.3, -0.25) is 9.59 Å². The molecule has 96 valence electrons. The van der Waals surface area contributed by atoms with E-state index in [1.807, 2.05) is 6.92 Å². The van der Waals surface area contributed by atoms with E-state index in [4.69, 9.17) is 5.11 Å². The molecule has 7 nitrogen and oxygen atoms in total. The first-order valence-corrected chi connectivity index (χ1v) is 5.42. The Kier molecular flexibility index (Phi) is 4.59. The van der Waals surface area contributed by atoms with E-state index in [1.165, 1.54) is 0 Å². The van der Waals surface area contributed by atoms with E-state index in [0.29, 0.717) is 6.42 Å². The van der Waals surface area contributed by atoms with E-state index in [0.717, 1.165) is 6.42 Å². The maximum atomic E-state index is 11.3. The lowest BCUT2D eigenvalue weighted by atomic mass is 10.2. The van der Waals surface area contributed by atoms with Crippen molar-refractivity contribution in [1.29, 1.82) is 0 Å². The smallest absolute Gasteiger partial charge is 0.361 e. The molecule has 0 aliphatic carbocycles. The Morgan fingerprint density at radius 1 is 1.59 bits per heavy atom. The number of carbonyl (C=O) groups excluding carboxylic acids is 3. The predicted octanol–water partition coefficient (Wildman–Crippen LogP) is -0.885. The summed E-state index contributed by atoms with van der Waals surface area (Å²) in [5.74, 6) is -2.83. The lowest BCUT2D eigenvalue weighted by Crippen LogP contribution is -2.38. The number of carbonyl (C=O) groups is 3. The van der Waals surface area contributed by atoms with Crippen LogP contribution in [0.3, 0.4) is 0 Å². The van der Waals surface area contributed by atoms with Crippen LogP contribution in [0, 0.1) is 0 Å². The van der Waals surface area contributed by atoms with Gasteiger partial charge in [0.25, 0.3) is 11.8 Å². The number of aliphatic hydroxyl groups excluding tert-OH is 2. The Balaban J connectivity index is 2.51. The summed E-state index contributed by atoms with van der Waals surface area (Å²) < 4.78 is 0. The van der Waals surface area contributed by atoms with Crippen molar-refractivity contribution in [2.45, 2.75) is 44.8 Å². The average molecular weight is 245 g/mol. The molecule has 17 heavy (non-hydrogen) atoms. The molecule has 0 aromatic carbocycles. The number of amides is 2. The summed E-state index contributed by atoms with van der Waals surface area (Å²) in [4.78, 5) is 38.1. The fourth-order valence-corrected chi connectivity index (χ4v) is 1.36. The number of hydrogen-bond acceptors (Lipinski definition) is 6. The van der Waals surface area contributed by atoms with Crippen LogP contribution < -0.4 is 0 Å². The molecular formula is C10H15NO6. The van der Waals surface area contributed by atoms with Gasteiger partial charge in [0.2, 0.25) is 0 Å². The monoisotopic (exact) mass is 245 g/mol. The summed E-state index contributed by atoms with van der Waals surface area (Å²) >= 11 is 0. The number of rotatable bonds is 5. The zero-order valence-corrected chi connectivity index (χ0v) is 9.46. The minimum atomic E-state index is -1.47. The molecule has 1 saturated heterocycles. The first kappa shape index (κ1) is 13.6. The minimum absolute atomic E-state index is 0.202. The van der Waals surface area contributed by atoms with Gasteiger partial charge in [0, 0.05) is 0 Å². The molecule has 2 amide bonds. The molecule has 0 aromatic heterocycles. The van der Waals surface area contributed by atoms with Gasteiger partial charge < -0.3 is 15.1 Å². The normalized spacial score (nSPS) is 21.8. The Bertz CT molecular complexity index is 329. The van der Waals surface area contributed by atoms with E-state index >= 15 is 0 Å². The van der Waals surface area contributed by atoms with Crippen molar-refractivity contribution in [3.05, 3.63) is 0 Å². The quantitative estimate of drug-likeness (QED) is 0.609. The topological polar surface area (TPSA) is 104 Å². The summed E-state index contributed by atoms with van der Waals surface area (Å²) in [5, 5.41) is 18.6. The molecule has 1 fully saturated rings. The second-order valence-corrected chi connectivity index (χ2v) is 3.81. The molecule has 1 heterocycles. The molecule has 0 aromatic rings. The van der Waals surface area contributed by atoms with Gasteiger partial charge in [0.1, 0.15) is 6.10 Å². The lowest BCUT2D eigenvalue weighted by molar-refractivity contribution is -0.204. The molecule has 1 aliphatic rings. The van der Waals surface area contributed by atoms with Crippen molar-refractivity contribution in [1.82, 2.24) is 5.06 Å². The third-order valence-electron chi connectivity index (χ3n) is 2.36. The van der Waals surface area contributed by atoms with Gasteiger partial charge in [-0.2, -0.15) is 0 Å². The Morgan fingerprint density at radius 2 is 2.24 bits per heavy atom. The third kappa shape index (κ3) is 3.24. The van der Waals surface area contributed by atoms with Crippen molar-refractivity contribution < 1.29 is 29.4 Å². The van der Waals surface area contributed by atoms with Crippen LogP contribution >= 0.6 is 0 Å². The Labute approximate surface area is 97.9 Å². The highest BCUT2D eigenvalue weighted by Gasteiger charge is 2.41. The zero-order chi connectivity index (χ0) is 13.0. The van der Waals surface area contributed by atoms with Gasteiger partial charge in [-0.1, -0.05) is 24.8 Å². The highest BCUT2D eigenvalue weighted by Crippen LogP contribution is 2.14. The summed E-state index contributed by atoms with van der Waals surface area (Å²) in [7, 11) is 0. The molecule has 2 atom stereocenters. The number of hydroxylamine groups is 2. The largest absolute Gasteiger partial charge is 0.383 e. The molecule has 1 rings (SSSR count). The van der Waals surface area contributed by atoms with Crippen molar-refractivity contribution >= 4 is 17.8 Å². The standard InChI is InChI=1S/C10H15NO6/c1-2-3-4-6(12)10(16)17-11-8(14)5-7(13)9(11)15/h6-7,12-13H,2-5H2,1H3. The van der Waals surface area contributed by atoms with Crippen molar-refractivity contribution in [2.75, 3.05) is 0 Å². The summed E-state index contributed by atoms with van der Waals surface area (Å²) in [5.41, 5.74) is 0. The van der Waals surface area contributed by atoms with Gasteiger partial charge in [0.05, 0.1) is 6.42 Å². The predicted molar refractivity (Wildman–Crippen MR) is 54.1 cm³/mol. The van der Waals surface area contributed by atoms with Crippen LogP contribution in [0.5, 0.6) is 0 Å². The number of hydrogen-bond donors (Lipinski definition) is 2. The van der Waals surface area contributed by atoms with E-state index in [-0.39, 0.29) is 11.5 Å². The van der Waals surface area contributed by atoms with Crippen LogP contribution in [0.2, 0.25) is 0 Å². The van der Waals surface area contributed by atoms with E-state index in [2.05, 4.69) is 4.84 Å². The SMILES string of the molecule is CCCCC(O)C(=O)ON1C(=O)CC(O)C1=O. The highest BCUT2D eigenvalue weighted by molar-refractivity contribution is 6.04. The van der Waals surface area contributed by atoms with Crippen LogP contribution in [0.4, 0.5) is 0 Å². The zero-order valence-electron chi connectivity index (χ0n) is 9.46. The fraction of sp³-hybridized carbons (Fsp3) is 0.700. The highest BCUT2D eigenvalue weighted by atomic mass is 16.7. The van der Waals surface area contributed by atoms with Crippen LogP contribution in [0.15, 0.2) is 0 Å². The Hall–Kier alpha value is -1.47. The molecule has 2 N–H and O–H groups in total. The van der Waals surface area contributed by atoms with Crippen LogP contribution in [-0.4, -0.2) is 45.3 Å². The molecule has 7 heteroatoms. The maximum absolute atomic E-state index is 11.3. The second kappa shape index (κ2) is 5.74. The fourth-order valence-electron chi connectivity index (χ4n) is 1.36. The summed E-state index contributed by atoms with van der Waals surface area (Å²) in [6.07, 6.45) is -1.62. The lowest BCUT2D eigenvalue weighted by Gasteiger charge is -2.15. The Morgan fingerprint density at radius 3 is 2.71 bits per heavy atom. The van der Waals surface area contributed by atoms with E-state index < -0.39 is 36.4 Å². The molecule has 0 bridgehead atoms. The molecule has 1 aliphatic heterocycles. The van der Waals surface area contributed by atoms with Crippen molar-refractivity contribution in [3.8, 4) is 0 Å². The second-order valence-electron chi connectivity index (χ2n) is 3.81. The van der Waals surface area contributed by atoms with Gasteiger partial charge in [-0.15, -0.1) is 0 Å². The van der Waals surface area contributed by atoms with Gasteiger partial charge >= 0.3 is 5.97 Å². The molecule has 0 radical (unpaired) electrons. The number of unbranched alkanes of at least 4 members (excludes halogenated alkanes) is 1. The molecular weight excluding hydrogens is 230 g/mol. The van der Waals surface area contributed by atoms with Crippen LogP contribution in [0.1, 0.15) is 32.6 Å². The first-order chi connectivity index (χ1) is 7.97. The van der Waals surface area contributed by atoms with Crippen molar-refractivity contribution in [3.63, 3.8) is 0 Å². The summed E-state index contributed by atoms with van der Waals surface area (Å²) in [6, 6.07) is 0. The van der Waals surface area contributed by atoms with Gasteiger partial charge in [-0.05, 0) is 6.42 Å². The number of imide groups is 1. The molecule has 0 saturated carbocycles. The van der Waals surface area contributed by atoms with Crippen molar-refractivity contribution in [2.24, 2.45) is 0 Å². The van der Waals surface area contributed by atoms with E-state index in [1.54, 1.807) is 0 Å². The minimum Gasteiger partial charge on any atom is -0.383 e. The van der Waals surface area contributed by atoms with Crippen LogP contribution in [0.25, 0.3) is 0 Å². The van der Waals surface area contributed by atoms with E-state index in [9.17, 15) is 19.5 Å². The van der Waals surface area contributed by atoms with Gasteiger partial charge in [-0.25, -0.2) is 4.79 Å². The maximum Gasteiger partial charge on any atom is 0.361 e. The molecule has 2 unspecified atom stereocenters. The first-order valence-electron chi connectivity index (χ1n) is 5.42. The average Bonchev–Trinajstić information content (AvgIpc) is 2.52. The molecule has 0 spiro atoms. The number of aliphatic hydroxyl groups is 2. The summed E-state index contributed by atoms with van der Waals surface area (Å²) in [6.45, 7) is 1.89. The third-order valence-corrected chi connectivity index (χ3v) is 2.36. The van der Waals surface area contributed by atoms with Gasteiger partial charge in [0.15, 0.2) is 6.10 Å². The van der Waals surface area contributed by atoms with Crippen LogP contribution in [-0.2, 0) is 19.2 Å². The number of nitrogens with zero attached hydrogens (tertiary/aromatic N) is 1.